The number of fused-ring (bicyclic) bond motifs is 3. The van der Waals surface area contributed by atoms with Crippen LogP contribution in [0.4, 0.5) is 51.2 Å². The summed E-state index contributed by atoms with van der Waals surface area (Å²) in [4.78, 5) is 22.5. The van der Waals surface area contributed by atoms with Crippen LogP contribution in [0.5, 0.6) is 0 Å². The number of nitrogens with zero attached hydrogens (tertiary/aromatic N) is 4. The van der Waals surface area contributed by atoms with E-state index in [1.807, 2.05) is 12.1 Å². The smallest absolute Gasteiger partial charge is 0.346 e. The van der Waals surface area contributed by atoms with Crippen molar-refractivity contribution in [2.75, 3.05) is 14.7 Å². The van der Waals surface area contributed by atoms with Crippen molar-refractivity contribution in [1.29, 1.82) is 5.26 Å². The van der Waals surface area contributed by atoms with Gasteiger partial charge in [0.15, 0.2) is 0 Å². The molecule has 0 spiro atoms. The van der Waals surface area contributed by atoms with Gasteiger partial charge in [-0.25, -0.2) is 4.79 Å². The fourth-order valence-corrected chi connectivity index (χ4v) is 11.2. The third-order valence-corrected chi connectivity index (χ3v) is 14.8. The Morgan fingerprint density at radius 1 is 0.543 bits per heavy atom. The summed E-state index contributed by atoms with van der Waals surface area (Å²) in [6.07, 6.45) is 1.43. The maximum atomic E-state index is 11.6. The number of thiophene rings is 1. The fraction of sp³-hybridized carbons (Fsp3) is 0.0323. The van der Waals surface area contributed by atoms with Gasteiger partial charge in [-0.1, -0.05) is 126 Å². The minimum absolute atomic E-state index is 0.294. The molecule has 70 heavy (non-hydrogen) atoms. The predicted octanol–water partition coefficient (Wildman–Crippen LogP) is 17.7. The normalized spacial score (nSPS) is 12.0. The molecule has 1 aromatic heterocycles. The van der Waals surface area contributed by atoms with E-state index in [-0.39, 0.29) is 5.57 Å². The molecule has 0 atom stereocenters. The molecule has 6 nitrogen and oxygen atoms in total. The van der Waals surface area contributed by atoms with Crippen molar-refractivity contribution in [3.8, 4) is 27.6 Å². The number of nitriles is 1. The molecule has 0 saturated carbocycles. The van der Waals surface area contributed by atoms with E-state index >= 15 is 0 Å². The van der Waals surface area contributed by atoms with Crippen molar-refractivity contribution >= 4 is 97.1 Å². The van der Waals surface area contributed by atoms with Crippen molar-refractivity contribution < 1.29 is 9.90 Å². The summed E-state index contributed by atoms with van der Waals surface area (Å²) in [5, 5.41) is 21.3. The number of carbonyl (C=O) groups is 1. The van der Waals surface area contributed by atoms with E-state index in [2.05, 4.69) is 235 Å². The van der Waals surface area contributed by atoms with E-state index in [4.69, 9.17) is 0 Å². The van der Waals surface area contributed by atoms with Gasteiger partial charge in [-0.3, -0.25) is 0 Å². The first kappa shape index (κ1) is 43.9. The largest absolute Gasteiger partial charge is 0.477 e. The fourth-order valence-electron chi connectivity index (χ4n) is 9.09. The Bertz CT molecular complexity index is 3580. The molecule has 0 saturated heterocycles. The number of aliphatic carboxylic acids is 1. The summed E-state index contributed by atoms with van der Waals surface area (Å²) in [6, 6.07) is 79.4. The van der Waals surface area contributed by atoms with Gasteiger partial charge in [-0.2, -0.15) is 5.26 Å². The first-order valence-electron chi connectivity index (χ1n) is 23.0. The lowest BCUT2D eigenvalue weighted by molar-refractivity contribution is -0.132. The van der Waals surface area contributed by atoms with Crippen LogP contribution in [0, 0.1) is 25.2 Å². The zero-order valence-electron chi connectivity index (χ0n) is 38.3. The number of carboxylic acids is 1. The van der Waals surface area contributed by atoms with Gasteiger partial charge >= 0.3 is 5.97 Å². The number of carboxylic acid groups (broad SMARTS) is 1. The van der Waals surface area contributed by atoms with E-state index in [9.17, 15) is 15.2 Å². The van der Waals surface area contributed by atoms with Crippen LogP contribution >= 0.6 is 23.1 Å². The molecule has 0 aliphatic carbocycles. The minimum Gasteiger partial charge on any atom is -0.477 e. The van der Waals surface area contributed by atoms with Crippen LogP contribution in [0.15, 0.2) is 234 Å². The molecule has 1 N–H and O–H groups in total. The molecule has 0 radical (unpaired) electrons. The first-order valence-corrected chi connectivity index (χ1v) is 24.6. The third kappa shape index (κ3) is 8.61. The van der Waals surface area contributed by atoms with Gasteiger partial charge in [0.05, 0.1) is 17.1 Å². The monoisotopic (exact) mass is 940 g/mol. The van der Waals surface area contributed by atoms with Gasteiger partial charge in [0.1, 0.15) is 11.6 Å². The van der Waals surface area contributed by atoms with Gasteiger partial charge in [0, 0.05) is 59.1 Å². The van der Waals surface area contributed by atoms with Crippen molar-refractivity contribution in [2.24, 2.45) is 0 Å². The molecule has 2 heterocycles. The van der Waals surface area contributed by atoms with E-state index in [0.29, 0.717) is 4.88 Å². The second-order valence-corrected chi connectivity index (χ2v) is 19.4. The summed E-state index contributed by atoms with van der Waals surface area (Å²) in [5.41, 5.74) is 15.0. The average molecular weight is 941 g/mol. The van der Waals surface area contributed by atoms with Crippen LogP contribution in [0.1, 0.15) is 16.0 Å². The maximum Gasteiger partial charge on any atom is 0.346 e. The zero-order valence-corrected chi connectivity index (χ0v) is 40.0. The molecule has 0 amide bonds. The van der Waals surface area contributed by atoms with Crippen LogP contribution in [-0.4, -0.2) is 11.1 Å². The molecule has 8 heteroatoms. The van der Waals surface area contributed by atoms with Crippen LogP contribution in [0.25, 0.3) is 38.4 Å². The van der Waals surface area contributed by atoms with E-state index < -0.39 is 5.97 Å². The Labute approximate surface area is 415 Å². The zero-order chi connectivity index (χ0) is 47.7. The first-order chi connectivity index (χ1) is 34.3. The highest BCUT2D eigenvalue weighted by atomic mass is 32.2. The molecule has 336 valence electrons. The Morgan fingerprint density at radius 2 is 1.07 bits per heavy atom. The molecular formula is C62H44N4O2S2. The lowest BCUT2D eigenvalue weighted by Crippen LogP contribution is -2.15. The van der Waals surface area contributed by atoms with Crippen molar-refractivity contribution in [3.05, 3.63) is 240 Å². The van der Waals surface area contributed by atoms with Crippen LogP contribution in [0.2, 0.25) is 0 Å². The summed E-state index contributed by atoms with van der Waals surface area (Å²) >= 11 is 3.21. The van der Waals surface area contributed by atoms with Crippen LogP contribution in [0.3, 0.4) is 0 Å². The molecule has 11 rings (SSSR count). The summed E-state index contributed by atoms with van der Waals surface area (Å²) in [7, 11) is 0. The van der Waals surface area contributed by atoms with Gasteiger partial charge < -0.3 is 19.8 Å². The summed E-state index contributed by atoms with van der Waals surface area (Å²) in [5.74, 6) is -1.24. The number of hydrogen-bond donors (Lipinski definition) is 1. The highest BCUT2D eigenvalue weighted by molar-refractivity contribution is 7.99. The number of para-hydroxylation sites is 1. The predicted molar refractivity (Wildman–Crippen MR) is 292 cm³/mol. The van der Waals surface area contributed by atoms with E-state index in [1.165, 1.54) is 39.3 Å². The molecular weight excluding hydrogens is 897 g/mol. The van der Waals surface area contributed by atoms with Gasteiger partial charge in [0.2, 0.25) is 0 Å². The highest BCUT2D eigenvalue weighted by Gasteiger charge is 2.27. The number of hydrogen-bond acceptors (Lipinski definition) is 7. The number of aryl methyl sites for hydroxylation is 2. The Kier molecular flexibility index (Phi) is 11.8. The van der Waals surface area contributed by atoms with Crippen LogP contribution < -0.4 is 14.7 Å². The molecule has 9 aromatic carbocycles. The van der Waals surface area contributed by atoms with Crippen molar-refractivity contribution in [1.82, 2.24) is 0 Å². The number of anilines is 9. The molecule has 0 unspecified atom stereocenters. The lowest BCUT2D eigenvalue weighted by atomic mass is 10.0. The average Bonchev–Trinajstić information content (AvgIpc) is 3.88. The SMILES string of the molecule is Cc1ccc(N(c2ccc(C)cc2)c2ccc(N3c4ccc(-c5ccc(N(c6ccccc6)c6cccc7ccccc67)cc5)cc4Sc4cc(-c5ccc(/C=C(/C#N)C(=O)O)s5)ccc43)cc2)cc1. The van der Waals surface area contributed by atoms with Crippen molar-refractivity contribution in [3.63, 3.8) is 0 Å². The lowest BCUT2D eigenvalue weighted by Gasteiger charge is -2.34. The minimum atomic E-state index is -1.24. The van der Waals surface area contributed by atoms with E-state index in [0.717, 1.165) is 82.5 Å². The summed E-state index contributed by atoms with van der Waals surface area (Å²) in [6.45, 7) is 4.22. The molecule has 10 aromatic rings. The second-order valence-electron chi connectivity index (χ2n) is 17.2. The standard InChI is InChI=1S/C62H44N4O2S2/c1-41-15-23-49(24-16-41)64(50-25-17-42(2)18-26-50)51-29-31-53(32-30-51)66-57-34-21-45(38-60(57)70-61-39-46(22-35-58(61)66)59-36-33-54(69-59)37-47(40-63)62(67)68)43-19-27-52(28-20-43)65(48-11-4-3-5-12-48)56-14-8-10-44-9-6-7-13-55(44)56/h3-39H,1-2H3,(H,67,68)/b47-37-. The van der Waals surface area contributed by atoms with Gasteiger partial charge in [-0.05, 0) is 157 Å². The van der Waals surface area contributed by atoms with Gasteiger partial charge in [-0.15, -0.1) is 11.3 Å². The molecule has 0 fully saturated rings. The Hall–Kier alpha value is -8.61. The maximum absolute atomic E-state index is 11.6. The quantitative estimate of drug-likeness (QED) is 0.102. The molecule has 1 aliphatic heterocycles. The molecule has 0 bridgehead atoms. The number of benzene rings is 9. The third-order valence-electron chi connectivity index (χ3n) is 12.6. The van der Waals surface area contributed by atoms with Gasteiger partial charge in [0.25, 0.3) is 0 Å². The Morgan fingerprint density at radius 3 is 1.71 bits per heavy atom. The number of rotatable bonds is 11. The van der Waals surface area contributed by atoms with E-state index in [1.54, 1.807) is 17.8 Å². The summed E-state index contributed by atoms with van der Waals surface area (Å²) < 4.78 is 0. The molecule has 1 aliphatic rings. The second kappa shape index (κ2) is 18.8. The Balaban J connectivity index is 0.982. The van der Waals surface area contributed by atoms with Crippen LogP contribution in [-0.2, 0) is 4.79 Å². The van der Waals surface area contributed by atoms with Crippen molar-refractivity contribution in [2.45, 2.75) is 23.6 Å². The highest BCUT2D eigenvalue weighted by Crippen LogP contribution is 2.54. The topological polar surface area (TPSA) is 70.8 Å².